The minimum absolute atomic E-state index is 0.715. The number of imidazole rings is 1. The summed E-state index contributed by atoms with van der Waals surface area (Å²) in [5.41, 5.74) is 4.14. The first-order valence-corrected chi connectivity index (χ1v) is 10.9. The normalized spacial score (nSPS) is 14.6. The number of rotatable bonds is 6. The van der Waals surface area contributed by atoms with E-state index in [1.807, 2.05) is 13.1 Å². The number of benzene rings is 1. The lowest BCUT2D eigenvalue weighted by molar-refractivity contribution is 0.122. The molecular formula is C21H27N5O2S. The van der Waals surface area contributed by atoms with E-state index in [1.54, 1.807) is 18.9 Å². The van der Waals surface area contributed by atoms with Crippen molar-refractivity contribution in [1.82, 2.24) is 19.5 Å². The van der Waals surface area contributed by atoms with Gasteiger partial charge in [-0.15, -0.1) is 0 Å². The number of aromatic nitrogens is 4. The summed E-state index contributed by atoms with van der Waals surface area (Å²) >= 11 is 1.65. The van der Waals surface area contributed by atoms with Gasteiger partial charge in [0.15, 0.2) is 22.1 Å². The van der Waals surface area contributed by atoms with Gasteiger partial charge in [0.1, 0.15) is 11.6 Å². The van der Waals surface area contributed by atoms with Gasteiger partial charge in [-0.2, -0.15) is 0 Å². The average molecular weight is 414 g/mol. The lowest BCUT2D eigenvalue weighted by Gasteiger charge is -2.28. The Bertz CT molecular complexity index is 1010. The number of methoxy groups -OCH3 is 1. The van der Waals surface area contributed by atoms with E-state index in [1.165, 1.54) is 5.56 Å². The summed E-state index contributed by atoms with van der Waals surface area (Å²) in [6.07, 6.45) is 0.864. The minimum atomic E-state index is 0.715. The Labute approximate surface area is 175 Å². The van der Waals surface area contributed by atoms with Gasteiger partial charge < -0.3 is 18.9 Å². The number of morpholine rings is 1. The van der Waals surface area contributed by atoms with Crippen LogP contribution in [-0.2, 0) is 24.0 Å². The Kier molecular flexibility index (Phi) is 5.91. The van der Waals surface area contributed by atoms with Gasteiger partial charge in [0.25, 0.3) is 0 Å². The molecule has 0 unspecified atom stereocenters. The second-order valence-corrected chi connectivity index (χ2v) is 8.08. The maximum Gasteiger partial charge on any atom is 0.191 e. The molecule has 0 N–H and O–H groups in total. The molecule has 7 nitrogen and oxygen atoms in total. The molecule has 0 radical (unpaired) electrons. The first kappa shape index (κ1) is 20.0. The number of anilines is 1. The van der Waals surface area contributed by atoms with Crippen LogP contribution in [0.15, 0.2) is 23.4 Å². The summed E-state index contributed by atoms with van der Waals surface area (Å²) in [5, 5.41) is 0.776. The second kappa shape index (κ2) is 8.59. The van der Waals surface area contributed by atoms with Crippen molar-refractivity contribution in [1.29, 1.82) is 0 Å². The number of aryl methyl sites for hydroxylation is 3. The van der Waals surface area contributed by atoms with E-state index in [0.717, 1.165) is 64.5 Å². The largest absolute Gasteiger partial charge is 0.496 e. The van der Waals surface area contributed by atoms with Crippen molar-refractivity contribution in [2.45, 2.75) is 31.2 Å². The summed E-state index contributed by atoms with van der Waals surface area (Å²) in [7, 11) is 3.73. The summed E-state index contributed by atoms with van der Waals surface area (Å²) in [6.45, 7) is 7.26. The van der Waals surface area contributed by atoms with Crippen molar-refractivity contribution < 1.29 is 9.47 Å². The van der Waals surface area contributed by atoms with Crippen LogP contribution in [0.4, 0.5) is 5.82 Å². The number of ether oxygens (including phenoxy) is 2. The van der Waals surface area contributed by atoms with Gasteiger partial charge in [-0.1, -0.05) is 30.8 Å². The smallest absolute Gasteiger partial charge is 0.191 e. The fourth-order valence-electron chi connectivity index (χ4n) is 3.63. The molecule has 29 heavy (non-hydrogen) atoms. The Morgan fingerprint density at radius 3 is 2.66 bits per heavy atom. The maximum atomic E-state index is 5.52. The fourth-order valence-corrected chi connectivity index (χ4v) is 4.40. The van der Waals surface area contributed by atoms with Crippen LogP contribution in [0.5, 0.6) is 5.75 Å². The zero-order valence-electron chi connectivity index (χ0n) is 17.4. The van der Waals surface area contributed by atoms with E-state index in [2.05, 4.69) is 35.4 Å². The number of hydrogen-bond donors (Lipinski definition) is 0. The average Bonchev–Trinajstić information content (AvgIpc) is 3.08. The van der Waals surface area contributed by atoms with E-state index in [0.29, 0.717) is 13.2 Å². The third-order valence-corrected chi connectivity index (χ3v) is 6.14. The highest BCUT2D eigenvalue weighted by Crippen LogP contribution is 2.30. The molecule has 0 saturated carbocycles. The van der Waals surface area contributed by atoms with Crippen LogP contribution in [0.25, 0.3) is 11.2 Å². The monoisotopic (exact) mass is 413 g/mol. The van der Waals surface area contributed by atoms with Crippen molar-refractivity contribution in [3.05, 3.63) is 35.2 Å². The van der Waals surface area contributed by atoms with Crippen LogP contribution in [0.2, 0.25) is 0 Å². The molecule has 1 aliphatic heterocycles. The Hall–Kier alpha value is -2.32. The van der Waals surface area contributed by atoms with Gasteiger partial charge in [0, 0.05) is 32.3 Å². The molecular weight excluding hydrogens is 386 g/mol. The van der Waals surface area contributed by atoms with Gasteiger partial charge in [0.05, 0.1) is 20.3 Å². The van der Waals surface area contributed by atoms with E-state index >= 15 is 0 Å². The highest BCUT2D eigenvalue weighted by atomic mass is 32.2. The van der Waals surface area contributed by atoms with Crippen LogP contribution in [0, 0.1) is 6.92 Å². The van der Waals surface area contributed by atoms with Crippen molar-refractivity contribution in [2.24, 2.45) is 7.05 Å². The van der Waals surface area contributed by atoms with Crippen LogP contribution < -0.4 is 9.64 Å². The van der Waals surface area contributed by atoms with Crippen molar-refractivity contribution >= 4 is 28.7 Å². The van der Waals surface area contributed by atoms with Crippen LogP contribution in [0.1, 0.15) is 23.9 Å². The number of nitrogens with zero attached hydrogens (tertiary/aromatic N) is 5. The fraction of sp³-hybridized carbons (Fsp3) is 0.476. The third-order valence-electron chi connectivity index (χ3n) is 5.23. The van der Waals surface area contributed by atoms with Gasteiger partial charge in [-0.3, -0.25) is 0 Å². The Balaban J connectivity index is 1.66. The van der Waals surface area contributed by atoms with E-state index < -0.39 is 0 Å². The number of thioether (sulfide) groups is 1. The van der Waals surface area contributed by atoms with Crippen LogP contribution in [-0.4, -0.2) is 52.9 Å². The molecule has 1 saturated heterocycles. The van der Waals surface area contributed by atoms with Gasteiger partial charge in [0.2, 0.25) is 0 Å². The topological polar surface area (TPSA) is 65.3 Å². The third kappa shape index (κ3) is 4.04. The Morgan fingerprint density at radius 2 is 1.97 bits per heavy atom. The van der Waals surface area contributed by atoms with E-state index in [-0.39, 0.29) is 0 Å². The first-order chi connectivity index (χ1) is 14.1. The molecule has 4 rings (SSSR count). The molecule has 3 aromatic rings. The molecule has 154 valence electrons. The molecule has 3 heterocycles. The minimum Gasteiger partial charge on any atom is -0.496 e. The zero-order valence-corrected chi connectivity index (χ0v) is 18.3. The van der Waals surface area contributed by atoms with Gasteiger partial charge >= 0.3 is 0 Å². The summed E-state index contributed by atoms with van der Waals surface area (Å²) < 4.78 is 13.0. The molecule has 1 aliphatic rings. The molecule has 0 amide bonds. The quantitative estimate of drug-likeness (QED) is 0.453. The van der Waals surface area contributed by atoms with E-state index in [4.69, 9.17) is 24.4 Å². The number of hydrogen-bond acceptors (Lipinski definition) is 7. The molecule has 0 spiro atoms. The lowest BCUT2D eigenvalue weighted by atomic mass is 10.1. The molecule has 0 aliphatic carbocycles. The summed E-state index contributed by atoms with van der Waals surface area (Å²) in [6, 6.07) is 6.27. The van der Waals surface area contributed by atoms with E-state index in [9.17, 15) is 0 Å². The Morgan fingerprint density at radius 1 is 1.17 bits per heavy atom. The first-order valence-electron chi connectivity index (χ1n) is 9.93. The SMILES string of the molecule is CCc1nc2c(N3CCOCC3)nc(SCc3ccc(OC)c(C)c3)nc2n1C. The van der Waals surface area contributed by atoms with Crippen molar-refractivity contribution in [2.75, 3.05) is 38.3 Å². The second-order valence-electron chi connectivity index (χ2n) is 7.13. The summed E-state index contributed by atoms with van der Waals surface area (Å²) in [4.78, 5) is 16.8. The predicted octanol–water partition coefficient (Wildman–Crippen LogP) is 3.37. The highest BCUT2D eigenvalue weighted by Gasteiger charge is 2.21. The zero-order chi connectivity index (χ0) is 20.4. The van der Waals surface area contributed by atoms with Crippen LogP contribution in [0.3, 0.4) is 0 Å². The highest BCUT2D eigenvalue weighted by molar-refractivity contribution is 7.98. The molecule has 0 bridgehead atoms. The molecule has 8 heteroatoms. The molecule has 2 aromatic heterocycles. The van der Waals surface area contributed by atoms with Crippen molar-refractivity contribution in [3.8, 4) is 5.75 Å². The number of fused-ring (bicyclic) bond motifs is 1. The predicted molar refractivity (Wildman–Crippen MR) is 116 cm³/mol. The van der Waals surface area contributed by atoms with Gasteiger partial charge in [-0.25, -0.2) is 15.0 Å². The maximum absolute atomic E-state index is 5.52. The summed E-state index contributed by atoms with van der Waals surface area (Å²) in [5.74, 6) is 3.66. The molecule has 1 fully saturated rings. The lowest BCUT2D eigenvalue weighted by Crippen LogP contribution is -2.37. The van der Waals surface area contributed by atoms with Crippen LogP contribution >= 0.6 is 11.8 Å². The molecule has 1 aromatic carbocycles. The molecule has 0 atom stereocenters. The standard InChI is InChI=1S/C21H27N5O2S/c1-5-17-22-18-19(25(17)3)23-21(24-20(18)26-8-10-28-11-9-26)29-13-15-6-7-16(27-4)14(2)12-15/h6-7,12H,5,8-11,13H2,1-4H3. The van der Waals surface area contributed by atoms with Gasteiger partial charge in [-0.05, 0) is 24.1 Å². The van der Waals surface area contributed by atoms with Crippen molar-refractivity contribution in [3.63, 3.8) is 0 Å².